The molecule has 0 radical (unpaired) electrons. The summed E-state index contributed by atoms with van der Waals surface area (Å²) in [6.07, 6.45) is 0. The number of nitrogens with zero attached hydrogens (tertiary/aromatic N) is 3. The van der Waals surface area contributed by atoms with Crippen LogP contribution in [0.5, 0.6) is 11.6 Å². The molecule has 3 aromatic rings. The molecule has 108 valence electrons. The molecule has 0 saturated heterocycles. The zero-order chi connectivity index (χ0) is 15.0. The van der Waals surface area contributed by atoms with Crippen molar-refractivity contribution in [3.63, 3.8) is 0 Å². The Morgan fingerprint density at radius 1 is 1.24 bits per heavy atom. The Kier molecular flexibility index (Phi) is 3.55. The summed E-state index contributed by atoms with van der Waals surface area (Å²) < 4.78 is 7.81. The molecule has 0 N–H and O–H groups in total. The van der Waals surface area contributed by atoms with Crippen LogP contribution < -0.4 is 4.74 Å². The van der Waals surface area contributed by atoms with E-state index < -0.39 is 0 Å². The summed E-state index contributed by atoms with van der Waals surface area (Å²) in [7, 11) is 1.89. The number of halogens is 1. The summed E-state index contributed by atoms with van der Waals surface area (Å²) in [6.45, 7) is 3.89. The van der Waals surface area contributed by atoms with Crippen molar-refractivity contribution in [2.45, 2.75) is 19.7 Å². The molecule has 3 rings (SSSR count). The second kappa shape index (κ2) is 5.37. The van der Waals surface area contributed by atoms with Crippen LogP contribution in [0.4, 0.5) is 0 Å². The van der Waals surface area contributed by atoms with E-state index in [2.05, 4.69) is 10.1 Å². The number of aromatic nitrogens is 3. The molecule has 0 spiro atoms. The molecule has 21 heavy (non-hydrogen) atoms. The number of fused-ring (bicyclic) bond motifs is 1. The normalized spacial score (nSPS) is 11.0. The second-order valence-electron chi connectivity index (χ2n) is 5.00. The third kappa shape index (κ3) is 2.47. The Balaban J connectivity index is 2.11. The lowest BCUT2D eigenvalue weighted by molar-refractivity contribution is 0.453. The van der Waals surface area contributed by atoms with E-state index in [1.807, 2.05) is 51.2 Å². The molecule has 2 aromatic heterocycles. The summed E-state index contributed by atoms with van der Waals surface area (Å²) in [6, 6.07) is 9.94. The molecular formula is C16H16ClN3O. The third-order valence-electron chi connectivity index (χ3n) is 3.55. The van der Waals surface area contributed by atoms with Crippen LogP contribution in [0.2, 0.25) is 0 Å². The molecule has 4 nitrogen and oxygen atoms in total. The quantitative estimate of drug-likeness (QED) is 0.683. The molecule has 0 aliphatic rings. The molecule has 5 heteroatoms. The fourth-order valence-electron chi connectivity index (χ4n) is 2.32. The Labute approximate surface area is 128 Å². The van der Waals surface area contributed by atoms with Gasteiger partial charge >= 0.3 is 0 Å². The maximum absolute atomic E-state index is 6.04. The number of hydrogen-bond donors (Lipinski definition) is 0. The average Bonchev–Trinajstić information content (AvgIpc) is 2.73. The molecule has 2 heterocycles. The molecule has 0 saturated carbocycles. The third-order valence-corrected chi connectivity index (χ3v) is 3.84. The Hall–Kier alpha value is -2.07. The van der Waals surface area contributed by atoms with Gasteiger partial charge in [-0.1, -0.05) is 18.2 Å². The van der Waals surface area contributed by atoms with Gasteiger partial charge in [0.15, 0.2) is 5.75 Å². The van der Waals surface area contributed by atoms with Gasteiger partial charge < -0.3 is 4.74 Å². The van der Waals surface area contributed by atoms with E-state index in [-0.39, 0.29) is 0 Å². The second-order valence-corrected chi connectivity index (χ2v) is 5.27. The molecule has 0 aliphatic carbocycles. The van der Waals surface area contributed by atoms with Gasteiger partial charge in [0.2, 0.25) is 5.88 Å². The highest BCUT2D eigenvalue weighted by molar-refractivity contribution is 6.17. The zero-order valence-electron chi connectivity index (χ0n) is 12.2. The molecule has 0 amide bonds. The van der Waals surface area contributed by atoms with Crippen LogP contribution >= 0.6 is 11.6 Å². The maximum atomic E-state index is 6.04. The molecule has 0 atom stereocenters. The predicted molar refractivity (Wildman–Crippen MR) is 84.1 cm³/mol. The van der Waals surface area contributed by atoms with E-state index in [0.29, 0.717) is 11.8 Å². The Morgan fingerprint density at radius 3 is 2.67 bits per heavy atom. The van der Waals surface area contributed by atoms with Gasteiger partial charge in [-0.25, -0.2) is 4.98 Å². The fraction of sp³-hybridized carbons (Fsp3) is 0.250. The summed E-state index contributed by atoms with van der Waals surface area (Å²) in [5, 5.41) is 5.41. The molecule has 0 aliphatic heterocycles. The summed E-state index contributed by atoms with van der Waals surface area (Å²) in [5.41, 5.74) is 3.56. The number of rotatable bonds is 3. The molecule has 0 fully saturated rings. The first-order valence-electron chi connectivity index (χ1n) is 6.73. The van der Waals surface area contributed by atoms with E-state index in [4.69, 9.17) is 16.3 Å². The van der Waals surface area contributed by atoms with Gasteiger partial charge in [-0.15, -0.1) is 11.6 Å². The van der Waals surface area contributed by atoms with Crippen molar-refractivity contribution in [1.29, 1.82) is 0 Å². The van der Waals surface area contributed by atoms with Gasteiger partial charge in [0.05, 0.1) is 17.1 Å². The van der Waals surface area contributed by atoms with Crippen LogP contribution in [0.3, 0.4) is 0 Å². The lowest BCUT2D eigenvalue weighted by Gasteiger charge is -2.10. The summed E-state index contributed by atoms with van der Waals surface area (Å²) >= 11 is 6.04. The number of aryl methyl sites for hydroxylation is 2. The number of ether oxygens (including phenoxy) is 1. The van der Waals surface area contributed by atoms with Crippen LogP contribution in [-0.4, -0.2) is 14.8 Å². The van der Waals surface area contributed by atoms with Crippen molar-refractivity contribution in [2.24, 2.45) is 7.05 Å². The van der Waals surface area contributed by atoms with E-state index >= 15 is 0 Å². The maximum Gasteiger partial charge on any atom is 0.224 e. The highest BCUT2D eigenvalue weighted by Crippen LogP contribution is 2.31. The number of alkyl halides is 1. The number of para-hydroxylation sites is 1. The zero-order valence-corrected chi connectivity index (χ0v) is 13.0. The topological polar surface area (TPSA) is 39.9 Å². The fourth-order valence-corrected chi connectivity index (χ4v) is 2.52. The lowest BCUT2D eigenvalue weighted by atomic mass is 10.1. The number of pyridine rings is 1. The minimum atomic E-state index is 0.353. The van der Waals surface area contributed by atoms with Gasteiger partial charge in [-0.2, -0.15) is 5.10 Å². The minimum Gasteiger partial charge on any atom is -0.435 e. The Morgan fingerprint density at radius 2 is 2.00 bits per heavy atom. The minimum absolute atomic E-state index is 0.353. The lowest BCUT2D eigenvalue weighted by Crippen LogP contribution is -1.97. The Bertz CT molecular complexity index is 811. The van der Waals surface area contributed by atoms with E-state index in [1.165, 1.54) is 0 Å². The number of hydrogen-bond acceptors (Lipinski definition) is 3. The standard InChI is InChI=1S/C16H16ClN3O/c1-10-15(11(2)20(3)19-10)21-16-13(9-17)8-12-6-4-5-7-14(12)18-16/h4-8H,9H2,1-3H3. The van der Waals surface area contributed by atoms with Crippen LogP contribution in [0, 0.1) is 13.8 Å². The first kappa shape index (κ1) is 13.9. The van der Waals surface area contributed by atoms with Crippen LogP contribution in [-0.2, 0) is 12.9 Å². The van der Waals surface area contributed by atoms with Gasteiger partial charge in [0.25, 0.3) is 0 Å². The monoisotopic (exact) mass is 301 g/mol. The van der Waals surface area contributed by atoms with Crippen molar-refractivity contribution in [3.8, 4) is 11.6 Å². The largest absolute Gasteiger partial charge is 0.435 e. The van der Waals surface area contributed by atoms with Gasteiger partial charge in [0, 0.05) is 18.0 Å². The van der Waals surface area contributed by atoms with Crippen molar-refractivity contribution < 1.29 is 4.74 Å². The molecule has 1 aromatic carbocycles. The van der Waals surface area contributed by atoms with E-state index in [0.717, 1.165) is 33.6 Å². The van der Waals surface area contributed by atoms with Crippen molar-refractivity contribution >= 4 is 22.5 Å². The SMILES string of the molecule is Cc1nn(C)c(C)c1Oc1nc2ccccc2cc1CCl. The highest BCUT2D eigenvalue weighted by Gasteiger charge is 2.15. The van der Waals surface area contributed by atoms with Crippen molar-refractivity contribution in [1.82, 2.24) is 14.8 Å². The van der Waals surface area contributed by atoms with Crippen molar-refractivity contribution in [2.75, 3.05) is 0 Å². The highest BCUT2D eigenvalue weighted by atomic mass is 35.5. The molecular weight excluding hydrogens is 286 g/mol. The van der Waals surface area contributed by atoms with Crippen molar-refractivity contribution in [3.05, 3.63) is 47.3 Å². The number of benzene rings is 1. The van der Waals surface area contributed by atoms with Gasteiger partial charge in [-0.05, 0) is 26.0 Å². The van der Waals surface area contributed by atoms with Crippen LogP contribution in [0.25, 0.3) is 10.9 Å². The smallest absolute Gasteiger partial charge is 0.224 e. The molecule has 0 unspecified atom stereocenters. The van der Waals surface area contributed by atoms with Gasteiger partial charge in [0.1, 0.15) is 5.69 Å². The van der Waals surface area contributed by atoms with Crippen LogP contribution in [0.15, 0.2) is 30.3 Å². The van der Waals surface area contributed by atoms with Gasteiger partial charge in [-0.3, -0.25) is 4.68 Å². The summed E-state index contributed by atoms with van der Waals surface area (Å²) in [4.78, 5) is 4.59. The predicted octanol–water partition coefficient (Wildman–Crippen LogP) is 4.12. The van der Waals surface area contributed by atoms with E-state index in [9.17, 15) is 0 Å². The summed E-state index contributed by atoms with van der Waals surface area (Å²) in [5.74, 6) is 1.64. The van der Waals surface area contributed by atoms with Crippen LogP contribution in [0.1, 0.15) is 17.0 Å². The first-order valence-corrected chi connectivity index (χ1v) is 7.26. The van der Waals surface area contributed by atoms with E-state index in [1.54, 1.807) is 4.68 Å². The molecule has 0 bridgehead atoms. The first-order chi connectivity index (χ1) is 10.1. The average molecular weight is 302 g/mol.